The van der Waals surface area contributed by atoms with Gasteiger partial charge in [0.05, 0.1) is 11.1 Å². The van der Waals surface area contributed by atoms with Crippen molar-refractivity contribution in [3.05, 3.63) is 58.1 Å². The second kappa shape index (κ2) is 12.6. The molecule has 0 aliphatic rings. The number of thiocarbonyl (C=S) groups is 1. The molecule has 6 nitrogen and oxygen atoms in total. The van der Waals surface area contributed by atoms with Crippen LogP contribution in [0.15, 0.2) is 46.9 Å². The number of anilines is 1. The van der Waals surface area contributed by atoms with Gasteiger partial charge in [-0.2, -0.15) is 0 Å². The summed E-state index contributed by atoms with van der Waals surface area (Å²) in [5.41, 5.74) is 1.57. The van der Waals surface area contributed by atoms with Crippen molar-refractivity contribution in [1.29, 1.82) is 0 Å². The van der Waals surface area contributed by atoms with Crippen LogP contribution >= 0.6 is 28.1 Å². The molecule has 0 spiro atoms. The van der Waals surface area contributed by atoms with Gasteiger partial charge in [-0.3, -0.25) is 14.9 Å². The molecule has 0 aromatic heterocycles. The maximum atomic E-state index is 12.6. The Balaban J connectivity index is 1.95. The number of hydrogen-bond acceptors (Lipinski definition) is 4. The van der Waals surface area contributed by atoms with E-state index in [4.69, 9.17) is 17.0 Å². The van der Waals surface area contributed by atoms with E-state index in [2.05, 4.69) is 45.7 Å². The monoisotopic (exact) mass is 519 g/mol. The van der Waals surface area contributed by atoms with Crippen LogP contribution in [-0.2, 0) is 0 Å². The molecule has 0 saturated heterocycles. The van der Waals surface area contributed by atoms with Gasteiger partial charge in [0.1, 0.15) is 5.75 Å². The summed E-state index contributed by atoms with van der Waals surface area (Å²) < 4.78 is 6.46. The Bertz CT molecular complexity index is 965. The molecule has 2 rings (SSSR count). The normalized spacial score (nSPS) is 11.6. The van der Waals surface area contributed by atoms with Gasteiger partial charge < -0.3 is 15.4 Å². The maximum absolute atomic E-state index is 12.6. The van der Waals surface area contributed by atoms with Crippen LogP contribution in [0.3, 0.4) is 0 Å². The minimum absolute atomic E-state index is 0.0887. The molecule has 0 radical (unpaired) electrons. The van der Waals surface area contributed by atoms with E-state index in [9.17, 15) is 9.59 Å². The van der Waals surface area contributed by atoms with Crippen LogP contribution in [0.25, 0.3) is 0 Å². The van der Waals surface area contributed by atoms with Crippen molar-refractivity contribution in [3.8, 4) is 5.75 Å². The van der Waals surface area contributed by atoms with Crippen LogP contribution in [0.1, 0.15) is 61.3 Å². The SMILES string of the molecule is CCC(C)NC(=O)c1cccc(NC(=S)NC(=O)c2ccc(OCCC(C)C)c(Br)c2)c1. The van der Waals surface area contributed by atoms with E-state index in [-0.39, 0.29) is 23.0 Å². The standard InChI is InChI=1S/C24H30BrN3O3S/c1-5-16(4)26-22(29)17-7-6-8-19(13-17)27-24(32)28-23(30)18-9-10-21(20(25)14-18)31-12-11-15(2)3/h6-10,13-16H,5,11-12H2,1-4H3,(H,26,29)(H2,27,28,30,32). The molecule has 0 fully saturated rings. The zero-order chi connectivity index (χ0) is 23.7. The van der Waals surface area contributed by atoms with Crippen molar-refractivity contribution >= 4 is 50.8 Å². The molecule has 2 aromatic carbocycles. The van der Waals surface area contributed by atoms with Gasteiger partial charge >= 0.3 is 0 Å². The second-order valence-electron chi connectivity index (χ2n) is 7.95. The van der Waals surface area contributed by atoms with Crippen molar-refractivity contribution < 1.29 is 14.3 Å². The molecular formula is C24H30BrN3O3S. The maximum Gasteiger partial charge on any atom is 0.257 e. The largest absolute Gasteiger partial charge is 0.492 e. The molecular weight excluding hydrogens is 490 g/mol. The summed E-state index contributed by atoms with van der Waals surface area (Å²) in [4.78, 5) is 24.9. The van der Waals surface area contributed by atoms with Gasteiger partial charge in [0.25, 0.3) is 11.8 Å². The molecule has 2 aromatic rings. The van der Waals surface area contributed by atoms with Gasteiger partial charge in [-0.05, 0) is 90.2 Å². The van der Waals surface area contributed by atoms with Crippen LogP contribution in [0.2, 0.25) is 0 Å². The topological polar surface area (TPSA) is 79.5 Å². The molecule has 0 bridgehead atoms. The number of ether oxygens (including phenoxy) is 1. The third-order valence-electron chi connectivity index (χ3n) is 4.75. The first-order chi connectivity index (χ1) is 15.2. The van der Waals surface area contributed by atoms with Gasteiger partial charge in [-0.25, -0.2) is 0 Å². The van der Waals surface area contributed by atoms with Gasteiger partial charge in [0.15, 0.2) is 5.11 Å². The molecule has 8 heteroatoms. The highest BCUT2D eigenvalue weighted by Crippen LogP contribution is 2.26. The number of carbonyl (C=O) groups is 2. The molecule has 0 saturated carbocycles. The number of rotatable bonds is 9. The molecule has 0 heterocycles. The molecule has 32 heavy (non-hydrogen) atoms. The minimum Gasteiger partial charge on any atom is -0.492 e. The summed E-state index contributed by atoms with van der Waals surface area (Å²) in [5, 5.41) is 8.68. The second-order valence-corrected chi connectivity index (χ2v) is 9.21. The number of halogens is 1. The van der Waals surface area contributed by atoms with Gasteiger partial charge in [-0.1, -0.05) is 26.8 Å². The first kappa shape index (κ1) is 25.8. The van der Waals surface area contributed by atoms with Crippen molar-refractivity contribution in [2.24, 2.45) is 5.92 Å². The first-order valence-electron chi connectivity index (χ1n) is 10.6. The Morgan fingerprint density at radius 2 is 1.78 bits per heavy atom. The van der Waals surface area contributed by atoms with Crippen molar-refractivity contribution in [2.75, 3.05) is 11.9 Å². The fraction of sp³-hybridized carbons (Fsp3) is 0.375. The van der Waals surface area contributed by atoms with E-state index >= 15 is 0 Å². The Labute approximate surface area is 203 Å². The van der Waals surface area contributed by atoms with Crippen LogP contribution < -0.4 is 20.7 Å². The summed E-state index contributed by atoms with van der Waals surface area (Å²) in [6, 6.07) is 12.2. The first-order valence-corrected chi connectivity index (χ1v) is 11.8. The van der Waals surface area contributed by atoms with E-state index in [0.717, 1.165) is 12.8 Å². The highest BCUT2D eigenvalue weighted by atomic mass is 79.9. The zero-order valence-electron chi connectivity index (χ0n) is 18.8. The highest BCUT2D eigenvalue weighted by Gasteiger charge is 2.13. The van der Waals surface area contributed by atoms with E-state index < -0.39 is 0 Å². The van der Waals surface area contributed by atoms with Gasteiger partial charge in [0.2, 0.25) is 0 Å². The predicted molar refractivity (Wildman–Crippen MR) is 136 cm³/mol. The van der Waals surface area contributed by atoms with Crippen molar-refractivity contribution in [3.63, 3.8) is 0 Å². The minimum atomic E-state index is -0.345. The lowest BCUT2D eigenvalue weighted by molar-refractivity contribution is 0.0937. The van der Waals surface area contributed by atoms with Crippen LogP contribution in [0.5, 0.6) is 5.75 Å². The molecule has 3 N–H and O–H groups in total. The Morgan fingerprint density at radius 1 is 1.06 bits per heavy atom. The van der Waals surface area contributed by atoms with Crippen LogP contribution in [0.4, 0.5) is 5.69 Å². The fourth-order valence-corrected chi connectivity index (χ4v) is 3.35. The summed E-state index contributed by atoms with van der Waals surface area (Å²) in [5.74, 6) is 0.749. The molecule has 0 aliphatic carbocycles. The van der Waals surface area contributed by atoms with Gasteiger partial charge in [-0.15, -0.1) is 0 Å². The quantitative estimate of drug-likeness (QED) is 0.379. The highest BCUT2D eigenvalue weighted by molar-refractivity contribution is 9.10. The fourth-order valence-electron chi connectivity index (χ4n) is 2.65. The van der Waals surface area contributed by atoms with E-state index in [0.29, 0.717) is 39.6 Å². The molecule has 172 valence electrons. The zero-order valence-corrected chi connectivity index (χ0v) is 21.2. The van der Waals surface area contributed by atoms with E-state index in [1.54, 1.807) is 42.5 Å². The van der Waals surface area contributed by atoms with Crippen LogP contribution in [0, 0.1) is 5.92 Å². The summed E-state index contributed by atoms with van der Waals surface area (Å²) >= 11 is 8.73. The summed E-state index contributed by atoms with van der Waals surface area (Å²) in [6.07, 6.45) is 1.80. The Morgan fingerprint density at radius 3 is 2.44 bits per heavy atom. The number of benzene rings is 2. The predicted octanol–water partition coefficient (Wildman–Crippen LogP) is 5.53. The Kier molecular flexibility index (Phi) is 10.1. The lowest BCUT2D eigenvalue weighted by atomic mass is 10.1. The number of nitrogens with one attached hydrogen (secondary N) is 3. The average Bonchev–Trinajstić information content (AvgIpc) is 2.74. The third-order valence-corrected chi connectivity index (χ3v) is 5.57. The molecule has 2 amide bonds. The van der Waals surface area contributed by atoms with Crippen molar-refractivity contribution in [1.82, 2.24) is 10.6 Å². The summed E-state index contributed by atoms with van der Waals surface area (Å²) in [7, 11) is 0. The van der Waals surface area contributed by atoms with E-state index in [1.165, 1.54) is 0 Å². The molecule has 1 unspecified atom stereocenters. The smallest absolute Gasteiger partial charge is 0.257 e. The third kappa shape index (κ3) is 8.24. The number of hydrogen-bond donors (Lipinski definition) is 3. The molecule has 1 atom stereocenters. The molecule has 0 aliphatic heterocycles. The van der Waals surface area contributed by atoms with Crippen molar-refractivity contribution in [2.45, 2.75) is 46.6 Å². The van der Waals surface area contributed by atoms with Crippen LogP contribution in [-0.4, -0.2) is 29.6 Å². The lowest BCUT2D eigenvalue weighted by Crippen LogP contribution is -2.34. The lowest BCUT2D eigenvalue weighted by Gasteiger charge is -2.14. The summed E-state index contributed by atoms with van der Waals surface area (Å²) in [6.45, 7) is 8.86. The number of carbonyl (C=O) groups excluding carboxylic acids is 2. The Hall–Kier alpha value is -2.45. The average molecular weight is 520 g/mol. The number of amides is 2. The van der Waals surface area contributed by atoms with Gasteiger partial charge in [0, 0.05) is 22.9 Å². The van der Waals surface area contributed by atoms with E-state index in [1.807, 2.05) is 13.8 Å².